The predicted octanol–water partition coefficient (Wildman–Crippen LogP) is 3.69. The summed E-state index contributed by atoms with van der Waals surface area (Å²) in [5.41, 5.74) is 8.18. The van der Waals surface area contributed by atoms with Gasteiger partial charge in [0.25, 0.3) is 0 Å². The van der Waals surface area contributed by atoms with E-state index in [1.807, 2.05) is 13.0 Å². The lowest BCUT2D eigenvalue weighted by Gasteiger charge is -2.29. The van der Waals surface area contributed by atoms with Gasteiger partial charge >= 0.3 is 10.1 Å². The molecular weight excluding hydrogens is 366 g/mol. The van der Waals surface area contributed by atoms with E-state index in [1.54, 1.807) is 31.4 Å². The fourth-order valence-corrected chi connectivity index (χ4v) is 5.66. The second kappa shape index (κ2) is 7.81. The smallest absolute Gasteiger partial charge is 0.339 e. The highest BCUT2D eigenvalue weighted by Crippen LogP contribution is 2.36. The van der Waals surface area contributed by atoms with Gasteiger partial charge in [-0.25, -0.2) is 0 Å². The molecule has 0 radical (unpaired) electrons. The maximum absolute atomic E-state index is 12.5. The minimum absolute atomic E-state index is 0.119. The van der Waals surface area contributed by atoms with Gasteiger partial charge in [0.2, 0.25) is 0 Å². The Hall–Kier alpha value is -1.83. The molecule has 0 heterocycles. The van der Waals surface area contributed by atoms with Crippen LogP contribution in [0.15, 0.2) is 47.4 Å². The zero-order valence-electron chi connectivity index (χ0n) is 15.9. The van der Waals surface area contributed by atoms with Gasteiger partial charge in [-0.2, -0.15) is 8.42 Å². The fraction of sp³-hybridized carbons (Fsp3) is 0.368. The molecule has 2 aromatic carbocycles. The Morgan fingerprint density at radius 3 is 2.19 bits per heavy atom. The Morgan fingerprint density at radius 2 is 1.69 bits per heavy atom. The molecule has 0 aliphatic heterocycles. The van der Waals surface area contributed by atoms with E-state index in [1.165, 1.54) is 12.1 Å². The molecule has 1 unspecified atom stereocenters. The van der Waals surface area contributed by atoms with E-state index in [0.29, 0.717) is 12.3 Å². The van der Waals surface area contributed by atoms with E-state index in [0.717, 1.165) is 11.1 Å². The maximum Gasteiger partial charge on any atom is 0.339 e. The summed E-state index contributed by atoms with van der Waals surface area (Å²) in [4.78, 5) is 0.119. The quantitative estimate of drug-likeness (QED) is 0.573. The third kappa shape index (κ3) is 4.66. The highest BCUT2D eigenvalue weighted by atomic mass is 32.2. The van der Waals surface area contributed by atoms with Crippen molar-refractivity contribution in [1.29, 1.82) is 0 Å². The summed E-state index contributed by atoms with van der Waals surface area (Å²) >= 11 is 0. The first-order valence-electron chi connectivity index (χ1n) is 8.47. The lowest BCUT2D eigenvalue weighted by Crippen LogP contribution is -2.36. The highest BCUT2D eigenvalue weighted by molar-refractivity contribution is 7.87. The van der Waals surface area contributed by atoms with Crippen molar-refractivity contribution < 1.29 is 17.3 Å². The van der Waals surface area contributed by atoms with E-state index >= 15 is 0 Å². The second-order valence-electron chi connectivity index (χ2n) is 7.41. The molecule has 0 spiro atoms. The molecule has 2 aromatic rings. The average molecular weight is 394 g/mol. The molecular formula is C19H27NO4SSi. The van der Waals surface area contributed by atoms with E-state index in [4.69, 9.17) is 14.7 Å². The third-order valence-corrected chi connectivity index (χ3v) is 8.28. The first-order chi connectivity index (χ1) is 12.1. The fourth-order valence-electron chi connectivity index (χ4n) is 2.86. The molecule has 142 valence electrons. The number of aryl methyl sites for hydroxylation is 1. The zero-order chi connectivity index (χ0) is 19.5. The molecule has 26 heavy (non-hydrogen) atoms. The molecule has 2 N–H and O–H groups in total. The van der Waals surface area contributed by atoms with Crippen LogP contribution in [-0.4, -0.2) is 30.1 Å². The van der Waals surface area contributed by atoms with E-state index in [-0.39, 0.29) is 16.2 Å². The molecule has 0 fully saturated rings. The van der Waals surface area contributed by atoms with Crippen LogP contribution in [0.4, 0.5) is 0 Å². The molecule has 1 atom stereocenters. The standard InChI is InChI=1S/C19H27NO4SSi/c1-14-6-9-16(10-7-14)25(21,22)24-15-8-11-17(18(12-15)23-2)19(13-20)26(3,4)5/h6-12,19H,13,20H2,1-5H3. The van der Waals surface area contributed by atoms with Crippen molar-refractivity contribution in [2.75, 3.05) is 13.7 Å². The Morgan fingerprint density at radius 1 is 1.08 bits per heavy atom. The van der Waals surface area contributed by atoms with Crippen molar-refractivity contribution in [3.05, 3.63) is 53.6 Å². The number of hydrogen-bond donors (Lipinski definition) is 1. The van der Waals surface area contributed by atoms with Crippen LogP contribution in [0.2, 0.25) is 19.6 Å². The molecule has 0 saturated carbocycles. The molecule has 0 aliphatic carbocycles. The number of nitrogens with two attached hydrogens (primary N) is 1. The Kier molecular flexibility index (Phi) is 6.15. The minimum atomic E-state index is -3.89. The molecule has 7 heteroatoms. The molecule has 0 aromatic heterocycles. The maximum atomic E-state index is 12.5. The van der Waals surface area contributed by atoms with Gasteiger partial charge in [0, 0.05) is 6.07 Å². The van der Waals surface area contributed by atoms with Gasteiger partial charge in [0.1, 0.15) is 16.4 Å². The summed E-state index contributed by atoms with van der Waals surface area (Å²) in [5, 5.41) is 0. The predicted molar refractivity (Wildman–Crippen MR) is 107 cm³/mol. The summed E-state index contributed by atoms with van der Waals surface area (Å²) in [6.45, 7) is 9.16. The van der Waals surface area contributed by atoms with Gasteiger partial charge in [0.05, 0.1) is 15.2 Å². The molecule has 0 saturated heterocycles. The summed E-state index contributed by atoms with van der Waals surface area (Å²) in [5.74, 6) is 0.817. The van der Waals surface area contributed by atoms with Crippen molar-refractivity contribution in [1.82, 2.24) is 0 Å². The van der Waals surface area contributed by atoms with E-state index < -0.39 is 18.2 Å². The molecule has 2 rings (SSSR count). The van der Waals surface area contributed by atoms with Crippen LogP contribution in [0.5, 0.6) is 11.5 Å². The van der Waals surface area contributed by atoms with Crippen molar-refractivity contribution in [2.24, 2.45) is 5.73 Å². The Labute approximate surface area is 157 Å². The Bertz CT molecular complexity index is 858. The van der Waals surface area contributed by atoms with Crippen LogP contribution in [0, 0.1) is 6.92 Å². The van der Waals surface area contributed by atoms with Gasteiger partial charge < -0.3 is 14.7 Å². The van der Waals surface area contributed by atoms with Crippen molar-refractivity contribution in [3.63, 3.8) is 0 Å². The summed E-state index contributed by atoms with van der Waals surface area (Å²) in [7, 11) is -3.89. The monoisotopic (exact) mass is 393 g/mol. The molecule has 0 aliphatic rings. The zero-order valence-corrected chi connectivity index (χ0v) is 17.8. The summed E-state index contributed by atoms with van der Waals surface area (Å²) in [6.07, 6.45) is 0. The molecule has 5 nitrogen and oxygen atoms in total. The van der Waals surface area contributed by atoms with Crippen LogP contribution >= 0.6 is 0 Å². The number of benzene rings is 2. The largest absolute Gasteiger partial charge is 0.496 e. The van der Waals surface area contributed by atoms with Crippen molar-refractivity contribution >= 4 is 18.2 Å². The lowest BCUT2D eigenvalue weighted by atomic mass is 10.1. The van der Waals surface area contributed by atoms with Gasteiger partial charge in [-0.15, -0.1) is 0 Å². The molecule has 0 amide bonds. The number of hydrogen-bond acceptors (Lipinski definition) is 5. The minimum Gasteiger partial charge on any atom is -0.496 e. The highest BCUT2D eigenvalue weighted by Gasteiger charge is 2.29. The molecule has 0 bridgehead atoms. The number of rotatable bonds is 7. The second-order valence-corrected chi connectivity index (χ2v) is 14.4. The average Bonchev–Trinajstić information content (AvgIpc) is 2.55. The topological polar surface area (TPSA) is 78.6 Å². The van der Waals surface area contributed by atoms with Gasteiger partial charge in [-0.3, -0.25) is 0 Å². The van der Waals surface area contributed by atoms with Crippen molar-refractivity contribution in [3.8, 4) is 11.5 Å². The van der Waals surface area contributed by atoms with Crippen LogP contribution in [0.1, 0.15) is 16.7 Å². The van der Waals surface area contributed by atoms with Gasteiger partial charge in [-0.1, -0.05) is 43.4 Å². The SMILES string of the molecule is COc1cc(OS(=O)(=O)c2ccc(C)cc2)ccc1C(CN)[Si](C)(C)C. The van der Waals surface area contributed by atoms with Crippen molar-refractivity contribution in [2.45, 2.75) is 37.0 Å². The third-order valence-electron chi connectivity index (χ3n) is 4.38. The number of methoxy groups -OCH3 is 1. The van der Waals surface area contributed by atoms with Gasteiger partial charge in [0.15, 0.2) is 0 Å². The van der Waals surface area contributed by atoms with E-state index in [2.05, 4.69) is 19.6 Å². The van der Waals surface area contributed by atoms with E-state index in [9.17, 15) is 8.42 Å². The van der Waals surface area contributed by atoms with Crippen LogP contribution in [-0.2, 0) is 10.1 Å². The normalized spacial score (nSPS) is 13.3. The van der Waals surface area contributed by atoms with Crippen LogP contribution < -0.4 is 14.7 Å². The first-order valence-corrected chi connectivity index (χ1v) is 13.5. The first kappa shape index (κ1) is 20.5. The summed E-state index contributed by atoms with van der Waals surface area (Å²) < 4.78 is 35.7. The summed E-state index contributed by atoms with van der Waals surface area (Å²) in [6, 6.07) is 11.7. The number of ether oxygens (including phenoxy) is 1. The Balaban J connectivity index is 2.36. The van der Waals surface area contributed by atoms with Gasteiger partial charge in [-0.05, 0) is 42.8 Å². The van der Waals surface area contributed by atoms with Crippen LogP contribution in [0.25, 0.3) is 0 Å². The van der Waals surface area contributed by atoms with Crippen LogP contribution in [0.3, 0.4) is 0 Å². The lowest BCUT2D eigenvalue weighted by molar-refractivity contribution is 0.405.